The monoisotopic (exact) mass is 372 g/mol. The van der Waals surface area contributed by atoms with Crippen LogP contribution in [0.2, 0.25) is 0 Å². The summed E-state index contributed by atoms with van der Waals surface area (Å²) in [5, 5.41) is 3.53. The first kappa shape index (κ1) is 19.2. The SMILES string of the molecule is Cc1nc2ccc(F)cc2cc1C(=O)NCCCN1CCC(C(N)=O)CC1. The van der Waals surface area contributed by atoms with Crippen molar-refractivity contribution >= 4 is 22.7 Å². The number of benzene rings is 1. The van der Waals surface area contributed by atoms with E-state index in [4.69, 9.17) is 5.73 Å². The van der Waals surface area contributed by atoms with Crippen molar-refractivity contribution in [2.24, 2.45) is 11.7 Å². The number of fused-ring (bicyclic) bond motifs is 1. The van der Waals surface area contributed by atoms with Gasteiger partial charge in [0.1, 0.15) is 5.82 Å². The number of carbonyl (C=O) groups excluding carboxylic acids is 2. The van der Waals surface area contributed by atoms with E-state index in [-0.39, 0.29) is 23.5 Å². The lowest BCUT2D eigenvalue weighted by Gasteiger charge is -2.30. The zero-order valence-corrected chi connectivity index (χ0v) is 15.5. The molecule has 0 bridgehead atoms. The third kappa shape index (κ3) is 4.80. The van der Waals surface area contributed by atoms with E-state index >= 15 is 0 Å². The van der Waals surface area contributed by atoms with Crippen molar-refractivity contribution in [3.05, 3.63) is 41.3 Å². The van der Waals surface area contributed by atoms with E-state index in [0.717, 1.165) is 38.9 Å². The Morgan fingerprint density at radius 2 is 2.04 bits per heavy atom. The third-order valence-electron chi connectivity index (χ3n) is 5.14. The van der Waals surface area contributed by atoms with E-state index in [1.807, 2.05) is 0 Å². The summed E-state index contributed by atoms with van der Waals surface area (Å²) in [5.41, 5.74) is 7.11. The number of aromatic nitrogens is 1. The van der Waals surface area contributed by atoms with E-state index in [1.165, 1.54) is 12.1 Å². The molecule has 1 aliphatic rings. The average molecular weight is 372 g/mol. The van der Waals surface area contributed by atoms with Crippen LogP contribution in [-0.4, -0.2) is 47.9 Å². The smallest absolute Gasteiger partial charge is 0.253 e. The van der Waals surface area contributed by atoms with E-state index in [9.17, 15) is 14.0 Å². The Morgan fingerprint density at radius 1 is 1.30 bits per heavy atom. The molecule has 1 aromatic heterocycles. The van der Waals surface area contributed by atoms with E-state index in [2.05, 4.69) is 15.2 Å². The lowest BCUT2D eigenvalue weighted by Crippen LogP contribution is -2.39. The van der Waals surface area contributed by atoms with Crippen LogP contribution >= 0.6 is 0 Å². The number of nitrogens with two attached hydrogens (primary N) is 1. The largest absolute Gasteiger partial charge is 0.369 e. The molecule has 1 fully saturated rings. The molecule has 2 amide bonds. The maximum absolute atomic E-state index is 13.4. The van der Waals surface area contributed by atoms with Gasteiger partial charge in [-0.2, -0.15) is 0 Å². The van der Waals surface area contributed by atoms with Crippen molar-refractivity contribution in [2.75, 3.05) is 26.2 Å². The number of pyridine rings is 1. The van der Waals surface area contributed by atoms with E-state index < -0.39 is 0 Å². The first-order valence-electron chi connectivity index (χ1n) is 9.31. The van der Waals surface area contributed by atoms with E-state index in [0.29, 0.717) is 28.7 Å². The fourth-order valence-electron chi connectivity index (χ4n) is 3.51. The molecule has 0 saturated carbocycles. The lowest BCUT2D eigenvalue weighted by molar-refractivity contribution is -0.123. The number of amides is 2. The van der Waals surface area contributed by atoms with Gasteiger partial charge in [-0.1, -0.05) is 0 Å². The number of nitrogens with zero attached hydrogens (tertiary/aromatic N) is 2. The molecular weight excluding hydrogens is 347 g/mol. The van der Waals surface area contributed by atoms with Gasteiger partial charge in [0.25, 0.3) is 5.91 Å². The second-order valence-corrected chi connectivity index (χ2v) is 7.09. The van der Waals surface area contributed by atoms with E-state index in [1.54, 1.807) is 19.1 Å². The quantitative estimate of drug-likeness (QED) is 0.759. The Labute approximate surface area is 157 Å². The number of carbonyl (C=O) groups is 2. The fourth-order valence-corrected chi connectivity index (χ4v) is 3.51. The van der Waals surface area contributed by atoms with Crippen LogP contribution in [0.3, 0.4) is 0 Å². The number of halogens is 1. The van der Waals surface area contributed by atoms with Crippen LogP contribution in [0.5, 0.6) is 0 Å². The fraction of sp³-hybridized carbons (Fsp3) is 0.450. The number of piperidine rings is 1. The molecular formula is C20H25FN4O2. The minimum atomic E-state index is -0.348. The van der Waals surface area contributed by atoms with Gasteiger partial charge in [-0.05, 0) is 70.1 Å². The number of hydrogen-bond donors (Lipinski definition) is 2. The molecule has 0 spiro atoms. The first-order chi connectivity index (χ1) is 12.9. The predicted molar refractivity (Wildman–Crippen MR) is 102 cm³/mol. The highest BCUT2D eigenvalue weighted by molar-refractivity contribution is 5.98. The van der Waals surface area contributed by atoms with Gasteiger partial charge in [0.05, 0.1) is 16.8 Å². The molecule has 144 valence electrons. The zero-order chi connectivity index (χ0) is 19.4. The summed E-state index contributed by atoms with van der Waals surface area (Å²) in [4.78, 5) is 30.3. The van der Waals surface area contributed by atoms with Gasteiger partial charge < -0.3 is 16.0 Å². The van der Waals surface area contributed by atoms with Crippen molar-refractivity contribution in [1.82, 2.24) is 15.2 Å². The van der Waals surface area contributed by atoms with Gasteiger partial charge in [-0.25, -0.2) is 4.39 Å². The van der Waals surface area contributed by atoms with Crippen molar-refractivity contribution in [2.45, 2.75) is 26.2 Å². The van der Waals surface area contributed by atoms with Gasteiger partial charge in [0.2, 0.25) is 5.91 Å². The number of aryl methyl sites for hydroxylation is 1. The number of likely N-dealkylation sites (tertiary alicyclic amines) is 1. The summed E-state index contributed by atoms with van der Waals surface area (Å²) in [6.45, 7) is 4.92. The molecule has 0 atom stereocenters. The van der Waals surface area contributed by atoms with Crippen LogP contribution in [0.4, 0.5) is 4.39 Å². The Hall–Kier alpha value is -2.54. The lowest BCUT2D eigenvalue weighted by atomic mass is 9.96. The number of nitrogens with one attached hydrogen (secondary N) is 1. The van der Waals surface area contributed by atoms with Crippen LogP contribution in [0, 0.1) is 18.7 Å². The molecule has 2 aromatic rings. The molecule has 0 aliphatic carbocycles. The molecule has 7 heteroatoms. The van der Waals surface area contributed by atoms with Crippen molar-refractivity contribution in [3.8, 4) is 0 Å². The normalized spacial score (nSPS) is 15.8. The van der Waals surface area contributed by atoms with Crippen LogP contribution in [0.15, 0.2) is 24.3 Å². The molecule has 27 heavy (non-hydrogen) atoms. The maximum Gasteiger partial charge on any atom is 0.253 e. The van der Waals surface area contributed by atoms with Gasteiger partial charge in [0.15, 0.2) is 0 Å². The van der Waals surface area contributed by atoms with Crippen molar-refractivity contribution in [1.29, 1.82) is 0 Å². The molecule has 1 saturated heterocycles. The zero-order valence-electron chi connectivity index (χ0n) is 15.5. The minimum absolute atomic E-state index is 0.00540. The predicted octanol–water partition coefficient (Wildman–Crippen LogP) is 2.00. The highest BCUT2D eigenvalue weighted by Crippen LogP contribution is 2.18. The third-order valence-corrected chi connectivity index (χ3v) is 5.14. The first-order valence-corrected chi connectivity index (χ1v) is 9.31. The van der Waals surface area contributed by atoms with Crippen molar-refractivity contribution < 1.29 is 14.0 Å². The highest BCUT2D eigenvalue weighted by atomic mass is 19.1. The van der Waals surface area contributed by atoms with Crippen molar-refractivity contribution in [3.63, 3.8) is 0 Å². The van der Waals surface area contributed by atoms with Gasteiger partial charge in [-0.15, -0.1) is 0 Å². The Morgan fingerprint density at radius 3 is 2.74 bits per heavy atom. The Bertz CT molecular complexity index is 847. The van der Waals surface area contributed by atoms with Gasteiger partial charge >= 0.3 is 0 Å². The number of hydrogen-bond acceptors (Lipinski definition) is 4. The molecule has 6 nitrogen and oxygen atoms in total. The average Bonchev–Trinajstić information content (AvgIpc) is 2.65. The van der Waals surface area contributed by atoms with Crippen LogP contribution < -0.4 is 11.1 Å². The second kappa shape index (κ2) is 8.43. The Kier molecular flexibility index (Phi) is 6.01. The summed E-state index contributed by atoms with van der Waals surface area (Å²) >= 11 is 0. The molecule has 3 rings (SSSR count). The molecule has 3 N–H and O–H groups in total. The molecule has 1 aliphatic heterocycles. The number of primary amides is 1. The second-order valence-electron chi connectivity index (χ2n) is 7.09. The van der Waals surface area contributed by atoms with Crippen LogP contribution in [0.1, 0.15) is 35.3 Å². The molecule has 0 unspecified atom stereocenters. The summed E-state index contributed by atoms with van der Waals surface area (Å²) in [6, 6.07) is 6.04. The standard InChI is InChI=1S/C20H25FN4O2/c1-13-17(12-15-11-16(21)3-4-18(15)24-13)20(27)23-7-2-8-25-9-5-14(6-10-25)19(22)26/h3-4,11-12,14H,2,5-10H2,1H3,(H2,22,26)(H,23,27). The molecule has 2 heterocycles. The van der Waals surface area contributed by atoms with Crippen LogP contribution in [0.25, 0.3) is 10.9 Å². The van der Waals surface area contributed by atoms with Gasteiger partial charge in [-0.3, -0.25) is 14.6 Å². The van der Waals surface area contributed by atoms with Gasteiger partial charge in [0, 0.05) is 17.8 Å². The topological polar surface area (TPSA) is 88.3 Å². The highest BCUT2D eigenvalue weighted by Gasteiger charge is 2.22. The summed E-state index contributed by atoms with van der Waals surface area (Å²) in [5.74, 6) is -0.756. The molecule has 1 aromatic carbocycles. The minimum Gasteiger partial charge on any atom is -0.369 e. The maximum atomic E-state index is 13.4. The summed E-state index contributed by atoms with van der Waals surface area (Å²) in [7, 11) is 0. The summed E-state index contributed by atoms with van der Waals surface area (Å²) in [6.07, 6.45) is 2.43. The summed E-state index contributed by atoms with van der Waals surface area (Å²) < 4.78 is 13.4. The number of rotatable bonds is 6. The van der Waals surface area contributed by atoms with Crippen LogP contribution in [-0.2, 0) is 4.79 Å². The molecule has 0 radical (unpaired) electrons. The Balaban J connectivity index is 1.49.